The van der Waals surface area contributed by atoms with Gasteiger partial charge in [0.2, 0.25) is 0 Å². The summed E-state index contributed by atoms with van der Waals surface area (Å²) in [4.78, 5) is 16.3. The van der Waals surface area contributed by atoms with Gasteiger partial charge in [0.25, 0.3) is 5.91 Å². The van der Waals surface area contributed by atoms with Gasteiger partial charge in [-0.1, -0.05) is 13.8 Å². The van der Waals surface area contributed by atoms with Gasteiger partial charge in [-0.25, -0.2) is 0 Å². The van der Waals surface area contributed by atoms with Crippen LogP contribution < -0.4 is 10.6 Å². The number of carbonyl (C=O) groups excluding carboxylic acids is 1. The number of hydrogen-bond donors (Lipinski definition) is 2. The Labute approximate surface area is 96.9 Å². The Balaban J connectivity index is 2.18. The molecule has 4 heteroatoms. The van der Waals surface area contributed by atoms with Gasteiger partial charge in [0.1, 0.15) is 5.54 Å². The molecule has 1 aliphatic heterocycles. The summed E-state index contributed by atoms with van der Waals surface area (Å²) < 4.78 is 0. The fourth-order valence-corrected chi connectivity index (χ4v) is 3.19. The van der Waals surface area contributed by atoms with Crippen LogP contribution in [0.5, 0.6) is 0 Å². The molecule has 90 valence electrons. The lowest BCUT2D eigenvalue weighted by Gasteiger charge is -2.37. The van der Waals surface area contributed by atoms with E-state index in [9.17, 15) is 4.79 Å². The number of aliphatic imine (C=N–C) groups is 1. The van der Waals surface area contributed by atoms with Crippen molar-refractivity contribution in [1.82, 2.24) is 10.6 Å². The molecule has 0 aromatic rings. The number of carbonyl (C=O) groups is 1. The molecule has 1 aliphatic carbocycles. The van der Waals surface area contributed by atoms with Crippen LogP contribution in [0.25, 0.3) is 0 Å². The van der Waals surface area contributed by atoms with Crippen LogP contribution in [0.2, 0.25) is 0 Å². The zero-order valence-corrected chi connectivity index (χ0v) is 10.3. The van der Waals surface area contributed by atoms with Crippen LogP contribution in [0.1, 0.15) is 40.0 Å². The van der Waals surface area contributed by atoms with E-state index in [-0.39, 0.29) is 11.4 Å². The Morgan fingerprint density at radius 3 is 2.56 bits per heavy atom. The Bertz CT molecular complexity index is 314. The number of amides is 1. The lowest BCUT2D eigenvalue weighted by Crippen LogP contribution is -2.51. The lowest BCUT2D eigenvalue weighted by molar-refractivity contribution is -0.126. The Hall–Kier alpha value is -1.06. The van der Waals surface area contributed by atoms with Crippen LogP contribution in [0.4, 0.5) is 0 Å². The van der Waals surface area contributed by atoms with Crippen molar-refractivity contribution in [3.8, 4) is 0 Å². The monoisotopic (exact) mass is 223 g/mol. The van der Waals surface area contributed by atoms with Crippen molar-refractivity contribution in [3.05, 3.63) is 0 Å². The molecule has 0 radical (unpaired) electrons. The van der Waals surface area contributed by atoms with Gasteiger partial charge in [-0.15, -0.1) is 0 Å². The van der Waals surface area contributed by atoms with Gasteiger partial charge < -0.3 is 5.32 Å². The summed E-state index contributed by atoms with van der Waals surface area (Å²) in [5.41, 5.74) is -0.384. The van der Waals surface area contributed by atoms with Crippen molar-refractivity contribution in [2.75, 3.05) is 6.54 Å². The molecule has 2 atom stereocenters. The highest BCUT2D eigenvalue weighted by Crippen LogP contribution is 2.37. The van der Waals surface area contributed by atoms with E-state index >= 15 is 0 Å². The zero-order chi connectivity index (χ0) is 11.8. The zero-order valence-electron chi connectivity index (χ0n) is 10.3. The predicted octanol–water partition coefficient (Wildman–Crippen LogP) is 1.28. The van der Waals surface area contributed by atoms with Gasteiger partial charge in [0.15, 0.2) is 5.96 Å². The quantitative estimate of drug-likeness (QED) is 0.703. The van der Waals surface area contributed by atoms with E-state index in [1.807, 2.05) is 6.92 Å². The number of guanidine groups is 1. The summed E-state index contributed by atoms with van der Waals surface area (Å²) in [5.74, 6) is 1.97. The van der Waals surface area contributed by atoms with Gasteiger partial charge in [-0.3, -0.25) is 15.1 Å². The van der Waals surface area contributed by atoms with Crippen molar-refractivity contribution in [3.63, 3.8) is 0 Å². The largest absolute Gasteiger partial charge is 0.342 e. The van der Waals surface area contributed by atoms with Crippen LogP contribution in [0, 0.1) is 11.8 Å². The molecule has 2 aliphatic rings. The second kappa shape index (κ2) is 4.07. The van der Waals surface area contributed by atoms with Gasteiger partial charge in [-0.2, -0.15) is 0 Å². The SMILES string of the molecule is CCN=C1NC(=O)C2(CC(C)CC(C)C2)N1. The van der Waals surface area contributed by atoms with Crippen molar-refractivity contribution in [1.29, 1.82) is 0 Å². The first-order chi connectivity index (χ1) is 7.55. The molecule has 2 fully saturated rings. The van der Waals surface area contributed by atoms with E-state index in [4.69, 9.17) is 0 Å². The van der Waals surface area contributed by atoms with E-state index < -0.39 is 0 Å². The maximum Gasteiger partial charge on any atom is 0.252 e. The van der Waals surface area contributed by atoms with Crippen LogP contribution >= 0.6 is 0 Å². The van der Waals surface area contributed by atoms with Gasteiger partial charge in [0, 0.05) is 6.54 Å². The molecule has 1 amide bonds. The smallest absolute Gasteiger partial charge is 0.252 e. The molecule has 2 unspecified atom stereocenters. The van der Waals surface area contributed by atoms with Crippen LogP contribution in [0.3, 0.4) is 0 Å². The fraction of sp³-hybridized carbons (Fsp3) is 0.833. The summed E-state index contributed by atoms with van der Waals surface area (Å²) in [7, 11) is 0. The van der Waals surface area contributed by atoms with E-state index in [1.165, 1.54) is 6.42 Å². The first kappa shape index (κ1) is 11.4. The van der Waals surface area contributed by atoms with Gasteiger partial charge in [-0.05, 0) is 38.0 Å². The Kier molecular flexibility index (Phi) is 2.91. The predicted molar refractivity (Wildman–Crippen MR) is 64.2 cm³/mol. The van der Waals surface area contributed by atoms with Crippen molar-refractivity contribution in [2.45, 2.75) is 45.6 Å². The standard InChI is InChI=1S/C12H21N3O/c1-4-13-11-14-10(16)12(15-11)6-8(2)5-9(3)7-12/h8-9H,4-7H2,1-3H3,(H2,13,14,15,16). The van der Waals surface area contributed by atoms with Gasteiger partial charge >= 0.3 is 0 Å². The van der Waals surface area contributed by atoms with Crippen LogP contribution in [-0.4, -0.2) is 24.0 Å². The molecule has 1 saturated carbocycles. The second-order valence-corrected chi connectivity index (χ2v) is 5.34. The highest BCUT2D eigenvalue weighted by Gasteiger charge is 2.48. The number of rotatable bonds is 1. The maximum atomic E-state index is 12.1. The number of nitrogens with zero attached hydrogens (tertiary/aromatic N) is 1. The fourth-order valence-electron chi connectivity index (χ4n) is 3.19. The van der Waals surface area contributed by atoms with E-state index in [0.717, 1.165) is 12.8 Å². The van der Waals surface area contributed by atoms with E-state index in [0.29, 0.717) is 24.3 Å². The Morgan fingerprint density at radius 2 is 2.00 bits per heavy atom. The van der Waals surface area contributed by atoms with Crippen molar-refractivity contribution < 1.29 is 4.79 Å². The molecule has 0 aromatic carbocycles. The van der Waals surface area contributed by atoms with E-state index in [1.54, 1.807) is 0 Å². The van der Waals surface area contributed by atoms with E-state index in [2.05, 4.69) is 29.5 Å². The highest BCUT2D eigenvalue weighted by atomic mass is 16.2. The first-order valence-electron chi connectivity index (χ1n) is 6.20. The minimum absolute atomic E-state index is 0.109. The van der Waals surface area contributed by atoms with Crippen molar-refractivity contribution >= 4 is 11.9 Å². The van der Waals surface area contributed by atoms with Crippen molar-refractivity contribution in [2.24, 2.45) is 16.8 Å². The number of nitrogens with one attached hydrogen (secondary N) is 2. The topological polar surface area (TPSA) is 53.5 Å². The average Bonchev–Trinajstić information content (AvgIpc) is 2.41. The molecule has 0 bridgehead atoms. The highest BCUT2D eigenvalue weighted by molar-refractivity contribution is 6.09. The molecule has 2 rings (SSSR count). The third-order valence-electron chi connectivity index (χ3n) is 3.54. The minimum Gasteiger partial charge on any atom is -0.342 e. The third kappa shape index (κ3) is 1.93. The average molecular weight is 223 g/mol. The van der Waals surface area contributed by atoms with Crippen LogP contribution in [0.15, 0.2) is 4.99 Å². The maximum absolute atomic E-state index is 12.1. The first-order valence-corrected chi connectivity index (χ1v) is 6.20. The molecule has 4 nitrogen and oxygen atoms in total. The molecule has 0 aromatic heterocycles. The number of hydrogen-bond acceptors (Lipinski definition) is 2. The normalized spacial score (nSPS) is 41.2. The summed E-state index contributed by atoms with van der Waals surface area (Å²) >= 11 is 0. The van der Waals surface area contributed by atoms with Gasteiger partial charge in [0.05, 0.1) is 0 Å². The lowest BCUT2D eigenvalue weighted by atomic mass is 9.72. The molecule has 1 spiro atoms. The Morgan fingerprint density at radius 1 is 1.38 bits per heavy atom. The summed E-state index contributed by atoms with van der Waals surface area (Å²) in [6, 6.07) is 0. The molecule has 1 heterocycles. The summed E-state index contributed by atoms with van der Waals surface area (Å²) in [6.07, 6.45) is 3.06. The summed E-state index contributed by atoms with van der Waals surface area (Å²) in [6.45, 7) is 7.12. The second-order valence-electron chi connectivity index (χ2n) is 5.34. The van der Waals surface area contributed by atoms with Crippen LogP contribution in [-0.2, 0) is 4.79 Å². The molecule has 2 N–H and O–H groups in total. The summed E-state index contributed by atoms with van der Waals surface area (Å²) in [5, 5.41) is 6.16. The molecular weight excluding hydrogens is 202 g/mol. The molecule has 16 heavy (non-hydrogen) atoms. The molecular formula is C12H21N3O. The third-order valence-corrected chi connectivity index (χ3v) is 3.54. The minimum atomic E-state index is -0.384. The molecule has 1 saturated heterocycles.